The summed E-state index contributed by atoms with van der Waals surface area (Å²) in [7, 11) is 0. The smallest absolute Gasteiger partial charge is 0.324 e. The van der Waals surface area contributed by atoms with Crippen LogP contribution in [0.5, 0.6) is 0 Å². The highest BCUT2D eigenvalue weighted by atomic mass is 35.5. The van der Waals surface area contributed by atoms with Gasteiger partial charge in [0.05, 0.1) is 16.5 Å². The van der Waals surface area contributed by atoms with Gasteiger partial charge in [0, 0.05) is 17.8 Å². The summed E-state index contributed by atoms with van der Waals surface area (Å²) in [6, 6.07) is -1.36. The van der Waals surface area contributed by atoms with Gasteiger partial charge < -0.3 is 5.73 Å². The minimum Gasteiger partial charge on any atom is -0.324 e. The van der Waals surface area contributed by atoms with Crippen LogP contribution in [0.15, 0.2) is 6.20 Å². The maximum absolute atomic E-state index is 12.1. The summed E-state index contributed by atoms with van der Waals surface area (Å²) in [6.07, 6.45) is -4.52. The zero-order valence-electron chi connectivity index (χ0n) is 8.06. The molecule has 1 heterocycles. The fourth-order valence-electron chi connectivity index (χ4n) is 1.15. The van der Waals surface area contributed by atoms with Crippen molar-refractivity contribution < 1.29 is 13.2 Å². The van der Waals surface area contributed by atoms with Crippen LogP contribution in [-0.4, -0.2) is 11.2 Å². The van der Waals surface area contributed by atoms with E-state index in [0.29, 0.717) is 0 Å². The number of alkyl halides is 3. The molecule has 17 heavy (non-hydrogen) atoms. The van der Waals surface area contributed by atoms with Crippen molar-refractivity contribution in [3.63, 3.8) is 0 Å². The van der Waals surface area contributed by atoms with E-state index in [4.69, 9.17) is 40.5 Å². The summed E-state index contributed by atoms with van der Waals surface area (Å²) < 4.78 is 36.4. The van der Waals surface area contributed by atoms with Gasteiger partial charge in [0.15, 0.2) is 0 Å². The van der Waals surface area contributed by atoms with Gasteiger partial charge in [0.1, 0.15) is 5.15 Å². The zero-order chi connectivity index (χ0) is 12.5. The Morgan fingerprint density at radius 3 is 2.29 bits per heavy atom. The second-order valence-electron chi connectivity index (χ2n) is 3.05. The lowest BCUT2D eigenvalue weighted by molar-refractivity contribution is -0.138. The fraction of sp³-hybridized carbons (Fsp3) is 0.375. The standard InChI is InChI=1S/C8H6Cl3F3N2.ClH/c9-3-2-16-7(11)6(10)5(3)4(15)1-8(12,13)14;/h2,4H,1,15H2;1H/t4-;/m1./s1. The Bertz CT molecular complexity index is 397. The van der Waals surface area contributed by atoms with E-state index >= 15 is 0 Å². The van der Waals surface area contributed by atoms with E-state index in [1.165, 1.54) is 0 Å². The first-order valence-corrected chi connectivity index (χ1v) is 5.17. The number of nitrogens with zero attached hydrogens (tertiary/aromatic N) is 1. The molecule has 0 aliphatic rings. The zero-order valence-corrected chi connectivity index (χ0v) is 11.1. The predicted molar refractivity (Wildman–Crippen MR) is 64.1 cm³/mol. The van der Waals surface area contributed by atoms with Gasteiger partial charge >= 0.3 is 6.18 Å². The van der Waals surface area contributed by atoms with Crippen LogP contribution in [0.1, 0.15) is 18.0 Å². The molecule has 1 atom stereocenters. The highest BCUT2D eigenvalue weighted by Crippen LogP contribution is 2.37. The maximum Gasteiger partial charge on any atom is 0.390 e. The summed E-state index contributed by atoms with van der Waals surface area (Å²) in [6.45, 7) is 0. The molecule has 0 spiro atoms. The molecule has 0 radical (unpaired) electrons. The van der Waals surface area contributed by atoms with Gasteiger partial charge in [0.25, 0.3) is 0 Å². The first-order valence-electron chi connectivity index (χ1n) is 4.04. The molecule has 0 bridgehead atoms. The van der Waals surface area contributed by atoms with Crippen molar-refractivity contribution in [1.29, 1.82) is 0 Å². The molecule has 0 aromatic carbocycles. The third kappa shape index (κ3) is 4.67. The Morgan fingerprint density at radius 1 is 1.29 bits per heavy atom. The van der Waals surface area contributed by atoms with Crippen molar-refractivity contribution in [2.75, 3.05) is 0 Å². The van der Waals surface area contributed by atoms with Crippen molar-refractivity contribution in [3.8, 4) is 0 Å². The Labute approximate surface area is 117 Å². The molecule has 0 aliphatic heterocycles. The summed E-state index contributed by atoms with van der Waals surface area (Å²) in [5, 5.41) is -0.309. The van der Waals surface area contributed by atoms with E-state index in [0.717, 1.165) is 6.20 Å². The van der Waals surface area contributed by atoms with Crippen LogP contribution in [0.25, 0.3) is 0 Å². The van der Waals surface area contributed by atoms with Crippen molar-refractivity contribution in [2.24, 2.45) is 5.73 Å². The molecule has 2 N–H and O–H groups in total. The molecule has 2 nitrogen and oxygen atoms in total. The Morgan fingerprint density at radius 2 is 1.82 bits per heavy atom. The topological polar surface area (TPSA) is 38.9 Å². The highest BCUT2D eigenvalue weighted by Gasteiger charge is 2.33. The van der Waals surface area contributed by atoms with E-state index in [9.17, 15) is 13.2 Å². The monoisotopic (exact) mass is 328 g/mol. The molecule has 1 aromatic rings. The third-order valence-electron chi connectivity index (χ3n) is 1.79. The van der Waals surface area contributed by atoms with Crippen molar-refractivity contribution in [3.05, 3.63) is 27.0 Å². The van der Waals surface area contributed by atoms with Crippen LogP contribution in [0.2, 0.25) is 15.2 Å². The van der Waals surface area contributed by atoms with E-state index < -0.39 is 18.6 Å². The molecule has 9 heteroatoms. The van der Waals surface area contributed by atoms with Gasteiger partial charge in [-0.2, -0.15) is 13.2 Å². The molecule has 0 saturated heterocycles. The van der Waals surface area contributed by atoms with Crippen molar-refractivity contribution >= 4 is 47.2 Å². The minimum atomic E-state index is -4.40. The van der Waals surface area contributed by atoms with E-state index in [1.807, 2.05) is 0 Å². The van der Waals surface area contributed by atoms with Crippen LogP contribution in [-0.2, 0) is 0 Å². The Balaban J connectivity index is 0.00000256. The molecule has 0 amide bonds. The van der Waals surface area contributed by atoms with E-state index in [1.54, 1.807) is 0 Å². The molecule has 98 valence electrons. The van der Waals surface area contributed by atoms with Crippen LogP contribution in [0.4, 0.5) is 13.2 Å². The molecule has 0 aliphatic carbocycles. The largest absolute Gasteiger partial charge is 0.390 e. The summed E-state index contributed by atoms with van der Waals surface area (Å²) >= 11 is 16.9. The number of pyridine rings is 1. The van der Waals surface area contributed by atoms with Crippen LogP contribution in [0.3, 0.4) is 0 Å². The summed E-state index contributed by atoms with van der Waals surface area (Å²) in [4.78, 5) is 3.58. The van der Waals surface area contributed by atoms with Crippen molar-refractivity contribution in [2.45, 2.75) is 18.6 Å². The molecule has 0 unspecified atom stereocenters. The van der Waals surface area contributed by atoms with E-state index in [-0.39, 0.29) is 33.2 Å². The van der Waals surface area contributed by atoms with Gasteiger partial charge in [-0.1, -0.05) is 34.8 Å². The predicted octanol–water partition coefficient (Wildman–Crippen LogP) is 4.42. The van der Waals surface area contributed by atoms with Crippen molar-refractivity contribution in [1.82, 2.24) is 4.98 Å². The lowest BCUT2D eigenvalue weighted by atomic mass is 10.1. The number of rotatable bonds is 2. The average Bonchev–Trinajstić information content (AvgIpc) is 2.09. The fourth-order valence-corrected chi connectivity index (χ4v) is 1.92. The average molecular weight is 330 g/mol. The maximum atomic E-state index is 12.1. The number of nitrogens with two attached hydrogens (primary N) is 1. The lowest BCUT2D eigenvalue weighted by Gasteiger charge is -2.17. The number of halogens is 7. The molecule has 1 rings (SSSR count). The quantitative estimate of drug-likeness (QED) is 0.816. The molecule has 0 saturated carbocycles. The first kappa shape index (κ1) is 17.1. The SMILES string of the molecule is Cl.N[C@H](CC(F)(F)F)c1c(Cl)cnc(Cl)c1Cl. The molecular formula is C8H7Cl4F3N2. The minimum absolute atomic E-state index is 0. The van der Waals surface area contributed by atoms with Gasteiger partial charge in [-0.05, 0) is 0 Å². The molecule has 0 fully saturated rings. The van der Waals surface area contributed by atoms with Gasteiger partial charge in [0.2, 0.25) is 0 Å². The third-order valence-corrected chi connectivity index (χ3v) is 2.86. The highest BCUT2D eigenvalue weighted by molar-refractivity contribution is 6.43. The lowest BCUT2D eigenvalue weighted by Crippen LogP contribution is -2.21. The molecular weight excluding hydrogens is 323 g/mol. The van der Waals surface area contributed by atoms with Gasteiger partial charge in [-0.25, -0.2) is 4.98 Å². The summed E-state index contributed by atoms with van der Waals surface area (Å²) in [5.41, 5.74) is 5.34. The van der Waals surface area contributed by atoms with E-state index in [2.05, 4.69) is 4.98 Å². The Hall–Kier alpha value is 0.0600. The summed E-state index contributed by atoms with van der Waals surface area (Å²) in [5.74, 6) is 0. The number of aromatic nitrogens is 1. The Kier molecular flexibility index (Phi) is 6.31. The first-order chi connectivity index (χ1) is 7.22. The second-order valence-corrected chi connectivity index (χ2v) is 4.19. The van der Waals surface area contributed by atoms with Crippen LogP contribution < -0.4 is 5.73 Å². The van der Waals surface area contributed by atoms with Crippen LogP contribution in [0, 0.1) is 0 Å². The number of hydrogen-bond donors (Lipinski definition) is 1. The van der Waals surface area contributed by atoms with Gasteiger partial charge in [-0.15, -0.1) is 12.4 Å². The number of hydrogen-bond acceptors (Lipinski definition) is 2. The van der Waals surface area contributed by atoms with Crippen LogP contribution >= 0.6 is 47.2 Å². The normalized spacial score (nSPS) is 13.1. The molecule has 1 aromatic heterocycles. The second kappa shape index (κ2) is 6.29. The van der Waals surface area contributed by atoms with Gasteiger partial charge in [-0.3, -0.25) is 0 Å².